The molecule has 2 fully saturated rings. The van der Waals surface area contributed by atoms with Crippen LogP contribution in [0.2, 0.25) is 0 Å². The fourth-order valence-corrected chi connectivity index (χ4v) is 3.62. The molecule has 2 aliphatic heterocycles. The number of rotatable bonds is 6. The van der Waals surface area contributed by atoms with Crippen LogP contribution in [0.3, 0.4) is 0 Å². The van der Waals surface area contributed by atoms with E-state index in [9.17, 15) is 19.7 Å². The van der Waals surface area contributed by atoms with Gasteiger partial charge in [0.15, 0.2) is 5.76 Å². The van der Waals surface area contributed by atoms with Crippen molar-refractivity contribution in [3.05, 3.63) is 28.0 Å². The Morgan fingerprint density at radius 1 is 1.35 bits per heavy atom. The zero-order valence-corrected chi connectivity index (χ0v) is 14.8. The standard InChI is InChI=1S/C17H23N3O6/c1-2-3-4-13-11-25-17(22)19(13)12-7-9-18(10-8-12)16(21)14-5-6-15(26-14)20(23)24/h5-6,12-13H,2-4,7-11H2,1H3. The van der Waals surface area contributed by atoms with Gasteiger partial charge in [0.2, 0.25) is 0 Å². The van der Waals surface area contributed by atoms with E-state index in [0.717, 1.165) is 19.3 Å². The van der Waals surface area contributed by atoms with Crippen LogP contribution in [0.15, 0.2) is 16.5 Å². The lowest BCUT2D eigenvalue weighted by molar-refractivity contribution is -0.402. The Kier molecular flexibility index (Phi) is 5.43. The van der Waals surface area contributed by atoms with Crippen molar-refractivity contribution < 1.29 is 23.7 Å². The number of unbranched alkanes of at least 4 members (excludes halogenated alkanes) is 1. The van der Waals surface area contributed by atoms with E-state index >= 15 is 0 Å². The summed E-state index contributed by atoms with van der Waals surface area (Å²) in [5, 5.41) is 10.7. The van der Waals surface area contributed by atoms with Crippen molar-refractivity contribution in [1.82, 2.24) is 9.80 Å². The second kappa shape index (κ2) is 7.76. The van der Waals surface area contributed by atoms with Crippen LogP contribution in [-0.4, -0.2) is 58.5 Å². The molecule has 3 rings (SSSR count). The molecule has 1 unspecified atom stereocenters. The van der Waals surface area contributed by atoms with Crippen LogP contribution in [0.25, 0.3) is 0 Å². The van der Waals surface area contributed by atoms with E-state index in [4.69, 9.17) is 9.15 Å². The first-order valence-electron chi connectivity index (χ1n) is 8.99. The third-order valence-electron chi connectivity index (χ3n) is 5.02. The van der Waals surface area contributed by atoms with Gasteiger partial charge < -0.3 is 14.1 Å². The molecule has 0 aromatic carbocycles. The number of likely N-dealkylation sites (tertiary alicyclic amines) is 1. The maximum absolute atomic E-state index is 12.4. The van der Waals surface area contributed by atoms with Gasteiger partial charge in [-0.05, 0) is 25.3 Å². The van der Waals surface area contributed by atoms with E-state index in [1.807, 2.05) is 4.90 Å². The predicted octanol–water partition coefficient (Wildman–Crippen LogP) is 2.80. The first kappa shape index (κ1) is 18.2. The number of carbonyl (C=O) groups is 2. The highest BCUT2D eigenvalue weighted by Crippen LogP contribution is 2.27. The number of hydrogen-bond donors (Lipinski definition) is 0. The molecule has 9 heteroatoms. The Hall–Kier alpha value is -2.58. The van der Waals surface area contributed by atoms with Gasteiger partial charge in [0, 0.05) is 19.1 Å². The molecule has 1 atom stereocenters. The topological polar surface area (TPSA) is 106 Å². The molecule has 0 aliphatic carbocycles. The molecule has 0 N–H and O–H groups in total. The molecule has 3 heterocycles. The summed E-state index contributed by atoms with van der Waals surface area (Å²) in [6, 6.07) is 2.67. The number of ether oxygens (including phenoxy) is 1. The largest absolute Gasteiger partial charge is 0.447 e. The van der Waals surface area contributed by atoms with Crippen LogP contribution in [0.4, 0.5) is 10.7 Å². The lowest BCUT2D eigenvalue weighted by Crippen LogP contribution is -2.49. The molecule has 0 radical (unpaired) electrons. The summed E-state index contributed by atoms with van der Waals surface area (Å²) >= 11 is 0. The monoisotopic (exact) mass is 365 g/mol. The molecule has 0 saturated carbocycles. The minimum Gasteiger partial charge on any atom is -0.447 e. The van der Waals surface area contributed by atoms with Crippen molar-refractivity contribution in [2.45, 2.75) is 51.1 Å². The van der Waals surface area contributed by atoms with Crippen molar-refractivity contribution in [3.8, 4) is 0 Å². The maximum atomic E-state index is 12.4. The molecule has 2 saturated heterocycles. The van der Waals surface area contributed by atoms with E-state index < -0.39 is 10.8 Å². The third-order valence-corrected chi connectivity index (χ3v) is 5.02. The van der Waals surface area contributed by atoms with Gasteiger partial charge in [-0.25, -0.2) is 4.79 Å². The number of amides is 2. The number of carbonyl (C=O) groups excluding carboxylic acids is 2. The van der Waals surface area contributed by atoms with Gasteiger partial charge in [-0.2, -0.15) is 0 Å². The summed E-state index contributed by atoms with van der Waals surface area (Å²) < 4.78 is 10.2. The molecule has 2 aliphatic rings. The van der Waals surface area contributed by atoms with Gasteiger partial charge in [0.25, 0.3) is 5.91 Å². The normalized spacial score (nSPS) is 21.1. The Morgan fingerprint density at radius 3 is 2.69 bits per heavy atom. The number of cyclic esters (lactones) is 1. The summed E-state index contributed by atoms with van der Waals surface area (Å²) in [5.41, 5.74) is 0. The lowest BCUT2D eigenvalue weighted by atomic mass is 10.00. The van der Waals surface area contributed by atoms with Gasteiger partial charge in [-0.15, -0.1) is 0 Å². The van der Waals surface area contributed by atoms with Gasteiger partial charge in [-0.1, -0.05) is 19.8 Å². The number of piperidine rings is 1. The van der Waals surface area contributed by atoms with Gasteiger partial charge in [0.1, 0.15) is 11.5 Å². The van der Waals surface area contributed by atoms with Crippen LogP contribution in [0.5, 0.6) is 0 Å². The van der Waals surface area contributed by atoms with Crippen molar-refractivity contribution in [1.29, 1.82) is 0 Å². The van der Waals surface area contributed by atoms with Crippen molar-refractivity contribution in [2.24, 2.45) is 0 Å². The van der Waals surface area contributed by atoms with Crippen LogP contribution >= 0.6 is 0 Å². The molecule has 1 aromatic rings. The molecule has 0 bridgehead atoms. The van der Waals surface area contributed by atoms with Gasteiger partial charge >= 0.3 is 12.0 Å². The first-order chi connectivity index (χ1) is 12.5. The Labute approximate surface area is 151 Å². The van der Waals surface area contributed by atoms with Crippen molar-refractivity contribution >= 4 is 17.9 Å². The van der Waals surface area contributed by atoms with E-state index in [1.165, 1.54) is 12.1 Å². The lowest BCUT2D eigenvalue weighted by Gasteiger charge is -2.37. The highest BCUT2D eigenvalue weighted by molar-refractivity contribution is 5.91. The summed E-state index contributed by atoms with van der Waals surface area (Å²) in [6.07, 6.45) is 4.10. The zero-order valence-electron chi connectivity index (χ0n) is 14.8. The molecule has 142 valence electrons. The van der Waals surface area contributed by atoms with Crippen LogP contribution in [-0.2, 0) is 4.74 Å². The van der Waals surface area contributed by atoms with Gasteiger partial charge in [-0.3, -0.25) is 19.8 Å². The number of furan rings is 1. The molecule has 0 spiro atoms. The molecular weight excluding hydrogens is 342 g/mol. The predicted molar refractivity (Wildman–Crippen MR) is 90.8 cm³/mol. The molecule has 9 nitrogen and oxygen atoms in total. The fourth-order valence-electron chi connectivity index (χ4n) is 3.62. The fraction of sp³-hybridized carbons (Fsp3) is 0.647. The number of hydrogen-bond acceptors (Lipinski definition) is 6. The minimum atomic E-state index is -0.668. The molecule has 26 heavy (non-hydrogen) atoms. The average molecular weight is 365 g/mol. The molecule has 1 aromatic heterocycles. The first-order valence-corrected chi connectivity index (χ1v) is 8.99. The van der Waals surface area contributed by atoms with Crippen molar-refractivity contribution in [3.63, 3.8) is 0 Å². The minimum absolute atomic E-state index is 0.0310. The maximum Gasteiger partial charge on any atom is 0.433 e. The van der Waals surface area contributed by atoms with Crippen LogP contribution in [0, 0.1) is 10.1 Å². The second-order valence-corrected chi connectivity index (χ2v) is 6.70. The Balaban J connectivity index is 1.58. The van der Waals surface area contributed by atoms with E-state index in [2.05, 4.69) is 6.92 Å². The SMILES string of the molecule is CCCCC1COC(=O)N1C1CCN(C(=O)c2ccc([N+](=O)[O-])o2)CC1. The Bertz CT molecular complexity index is 680. The Morgan fingerprint density at radius 2 is 2.08 bits per heavy atom. The average Bonchev–Trinajstić information content (AvgIpc) is 3.27. The summed E-state index contributed by atoms with van der Waals surface area (Å²) in [5.74, 6) is -0.832. The van der Waals surface area contributed by atoms with Crippen LogP contribution < -0.4 is 0 Å². The van der Waals surface area contributed by atoms with E-state index in [0.29, 0.717) is 32.5 Å². The summed E-state index contributed by atoms with van der Waals surface area (Å²) in [6.45, 7) is 3.50. The van der Waals surface area contributed by atoms with Gasteiger partial charge in [0.05, 0.1) is 12.1 Å². The second-order valence-electron chi connectivity index (χ2n) is 6.70. The zero-order chi connectivity index (χ0) is 18.7. The third kappa shape index (κ3) is 3.66. The quantitative estimate of drug-likeness (QED) is 0.567. The smallest absolute Gasteiger partial charge is 0.433 e. The summed E-state index contributed by atoms with van der Waals surface area (Å²) in [4.78, 5) is 38.0. The highest BCUT2D eigenvalue weighted by atomic mass is 16.6. The van der Waals surface area contributed by atoms with Crippen LogP contribution in [0.1, 0.15) is 49.6 Å². The summed E-state index contributed by atoms with van der Waals surface area (Å²) in [7, 11) is 0. The van der Waals surface area contributed by atoms with Crippen molar-refractivity contribution in [2.75, 3.05) is 19.7 Å². The van der Waals surface area contributed by atoms with E-state index in [1.54, 1.807) is 4.90 Å². The number of nitrogens with zero attached hydrogens (tertiary/aromatic N) is 3. The molecule has 2 amide bonds. The number of nitro groups is 1. The molecular formula is C17H23N3O6. The van der Waals surface area contributed by atoms with E-state index in [-0.39, 0.29) is 29.8 Å². The highest BCUT2D eigenvalue weighted by Gasteiger charge is 2.39.